The molecule has 0 aliphatic carbocycles. The van der Waals surface area contributed by atoms with E-state index in [4.69, 9.17) is 4.42 Å². The van der Waals surface area contributed by atoms with Crippen LogP contribution in [0.3, 0.4) is 0 Å². The van der Waals surface area contributed by atoms with Crippen molar-refractivity contribution in [3.05, 3.63) is 101 Å². The lowest BCUT2D eigenvalue weighted by molar-refractivity contribution is -0.117. The lowest BCUT2D eigenvalue weighted by Gasteiger charge is -2.15. The molecule has 0 fully saturated rings. The maximum absolute atomic E-state index is 12.8. The van der Waals surface area contributed by atoms with Crippen LogP contribution in [-0.2, 0) is 4.79 Å². The smallest absolute Gasteiger partial charge is 0.267 e. The van der Waals surface area contributed by atoms with Crippen LogP contribution in [0.4, 0.5) is 0 Å². The van der Waals surface area contributed by atoms with Crippen molar-refractivity contribution < 1.29 is 14.0 Å². The van der Waals surface area contributed by atoms with Crippen LogP contribution in [0.2, 0.25) is 0 Å². The Morgan fingerprint density at radius 3 is 2.52 bits per heavy atom. The highest BCUT2D eigenvalue weighted by atomic mass is 16.3. The van der Waals surface area contributed by atoms with Crippen molar-refractivity contribution in [3.8, 4) is 0 Å². The minimum atomic E-state index is -0.370. The molecule has 1 aromatic heterocycles. The van der Waals surface area contributed by atoms with E-state index in [0.717, 1.165) is 11.1 Å². The van der Waals surface area contributed by atoms with Gasteiger partial charge in [-0.05, 0) is 42.7 Å². The molecule has 0 spiro atoms. The van der Waals surface area contributed by atoms with E-state index in [0.29, 0.717) is 17.9 Å². The largest absolute Gasteiger partial charge is 0.465 e. The predicted molar refractivity (Wildman–Crippen MR) is 113 cm³/mol. The maximum atomic E-state index is 12.8. The molecule has 1 unspecified atom stereocenters. The monoisotopic (exact) mass is 388 g/mol. The molecule has 1 heterocycles. The van der Waals surface area contributed by atoms with Gasteiger partial charge in [0.05, 0.1) is 6.26 Å². The Labute approximate surface area is 170 Å². The molecule has 0 saturated carbocycles. The summed E-state index contributed by atoms with van der Waals surface area (Å²) in [5, 5.41) is 5.61. The van der Waals surface area contributed by atoms with E-state index in [2.05, 4.69) is 10.6 Å². The predicted octanol–water partition coefficient (Wildman–Crippen LogP) is 4.28. The zero-order valence-electron chi connectivity index (χ0n) is 16.5. The SMILES string of the molecule is Cc1cccc(C(=O)N/C(=C\c2ccco2)C(=O)NCC(C)c2ccccc2)c1. The van der Waals surface area contributed by atoms with E-state index in [1.165, 1.54) is 12.3 Å². The number of rotatable bonds is 7. The molecule has 1 atom stereocenters. The number of aryl methyl sites for hydroxylation is 1. The molecule has 148 valence electrons. The minimum Gasteiger partial charge on any atom is -0.465 e. The Morgan fingerprint density at radius 2 is 1.83 bits per heavy atom. The van der Waals surface area contributed by atoms with Gasteiger partial charge < -0.3 is 15.1 Å². The van der Waals surface area contributed by atoms with Crippen molar-refractivity contribution in [1.82, 2.24) is 10.6 Å². The van der Waals surface area contributed by atoms with E-state index < -0.39 is 0 Å². The summed E-state index contributed by atoms with van der Waals surface area (Å²) in [5.41, 5.74) is 2.72. The maximum Gasteiger partial charge on any atom is 0.267 e. The lowest BCUT2D eigenvalue weighted by Crippen LogP contribution is -2.36. The number of amides is 2. The van der Waals surface area contributed by atoms with Gasteiger partial charge in [-0.1, -0.05) is 55.0 Å². The van der Waals surface area contributed by atoms with Gasteiger partial charge in [0.1, 0.15) is 11.5 Å². The quantitative estimate of drug-likeness (QED) is 0.594. The van der Waals surface area contributed by atoms with Crippen molar-refractivity contribution in [2.75, 3.05) is 6.54 Å². The van der Waals surface area contributed by atoms with Gasteiger partial charge in [0.2, 0.25) is 0 Å². The fourth-order valence-corrected chi connectivity index (χ4v) is 2.90. The third-order valence-corrected chi connectivity index (χ3v) is 4.54. The highest BCUT2D eigenvalue weighted by Gasteiger charge is 2.16. The van der Waals surface area contributed by atoms with Gasteiger partial charge in [0.15, 0.2) is 0 Å². The van der Waals surface area contributed by atoms with Crippen LogP contribution in [0, 0.1) is 6.92 Å². The average Bonchev–Trinajstić information content (AvgIpc) is 3.25. The zero-order chi connectivity index (χ0) is 20.6. The molecule has 2 N–H and O–H groups in total. The molecule has 5 nitrogen and oxygen atoms in total. The third kappa shape index (κ3) is 5.69. The van der Waals surface area contributed by atoms with Crippen molar-refractivity contribution in [2.24, 2.45) is 0 Å². The van der Waals surface area contributed by atoms with E-state index in [1.807, 2.05) is 56.3 Å². The summed E-state index contributed by atoms with van der Waals surface area (Å²) in [5.74, 6) is -0.101. The standard InChI is InChI=1S/C24H24N2O3/c1-17-8-6-11-20(14-17)23(27)26-22(15-21-12-7-13-29-21)24(28)25-16-18(2)19-9-4-3-5-10-19/h3-15,18H,16H2,1-2H3,(H,25,28)(H,26,27)/b22-15-. The van der Waals surface area contributed by atoms with Crippen LogP contribution in [0.1, 0.15) is 40.1 Å². The second kappa shape index (κ2) is 9.55. The summed E-state index contributed by atoms with van der Waals surface area (Å²) in [4.78, 5) is 25.4. The average molecular weight is 388 g/mol. The second-order valence-electron chi connectivity index (χ2n) is 6.92. The molecular weight excluding hydrogens is 364 g/mol. The van der Waals surface area contributed by atoms with E-state index in [1.54, 1.807) is 24.3 Å². The highest BCUT2D eigenvalue weighted by molar-refractivity contribution is 6.05. The Hall–Kier alpha value is -3.60. The number of hydrogen-bond donors (Lipinski definition) is 2. The van der Waals surface area contributed by atoms with Crippen LogP contribution in [-0.4, -0.2) is 18.4 Å². The van der Waals surface area contributed by atoms with Crippen molar-refractivity contribution in [2.45, 2.75) is 19.8 Å². The fraction of sp³-hybridized carbons (Fsp3) is 0.167. The summed E-state index contributed by atoms with van der Waals surface area (Å²) in [6, 6.07) is 20.6. The Balaban J connectivity index is 1.73. The van der Waals surface area contributed by atoms with Gasteiger partial charge in [-0.15, -0.1) is 0 Å². The Kier molecular flexibility index (Phi) is 6.63. The van der Waals surface area contributed by atoms with Gasteiger partial charge in [-0.3, -0.25) is 9.59 Å². The molecule has 3 rings (SSSR count). The zero-order valence-corrected chi connectivity index (χ0v) is 16.5. The lowest BCUT2D eigenvalue weighted by atomic mass is 10.0. The molecule has 5 heteroatoms. The molecule has 2 amide bonds. The fourth-order valence-electron chi connectivity index (χ4n) is 2.90. The van der Waals surface area contributed by atoms with Crippen LogP contribution >= 0.6 is 0 Å². The van der Waals surface area contributed by atoms with E-state index in [-0.39, 0.29) is 23.4 Å². The molecular formula is C24H24N2O3. The van der Waals surface area contributed by atoms with Gasteiger partial charge in [-0.25, -0.2) is 0 Å². The molecule has 0 aliphatic heterocycles. The number of nitrogens with one attached hydrogen (secondary N) is 2. The van der Waals surface area contributed by atoms with Gasteiger partial charge in [0.25, 0.3) is 11.8 Å². The summed E-state index contributed by atoms with van der Waals surface area (Å²) < 4.78 is 5.31. The highest BCUT2D eigenvalue weighted by Crippen LogP contribution is 2.14. The van der Waals surface area contributed by atoms with Crippen molar-refractivity contribution >= 4 is 17.9 Å². The summed E-state index contributed by atoms with van der Waals surface area (Å²) >= 11 is 0. The molecule has 2 aromatic carbocycles. The first-order chi connectivity index (χ1) is 14.0. The Morgan fingerprint density at radius 1 is 1.03 bits per heavy atom. The second-order valence-corrected chi connectivity index (χ2v) is 6.92. The van der Waals surface area contributed by atoms with Crippen molar-refractivity contribution in [3.63, 3.8) is 0 Å². The number of hydrogen-bond acceptors (Lipinski definition) is 3. The van der Waals surface area contributed by atoms with Crippen LogP contribution in [0.25, 0.3) is 6.08 Å². The molecule has 0 saturated heterocycles. The third-order valence-electron chi connectivity index (χ3n) is 4.54. The number of carbonyl (C=O) groups is 2. The van der Waals surface area contributed by atoms with Crippen LogP contribution in [0.5, 0.6) is 0 Å². The van der Waals surface area contributed by atoms with Crippen LogP contribution < -0.4 is 10.6 Å². The first-order valence-electron chi connectivity index (χ1n) is 9.49. The number of furan rings is 1. The van der Waals surface area contributed by atoms with E-state index in [9.17, 15) is 9.59 Å². The van der Waals surface area contributed by atoms with Gasteiger partial charge in [0, 0.05) is 18.2 Å². The molecule has 0 bridgehead atoms. The minimum absolute atomic E-state index is 0.131. The first-order valence-corrected chi connectivity index (χ1v) is 9.49. The first kappa shape index (κ1) is 20.1. The van der Waals surface area contributed by atoms with Gasteiger partial charge >= 0.3 is 0 Å². The molecule has 3 aromatic rings. The Bertz CT molecular complexity index is 992. The van der Waals surface area contributed by atoms with Crippen LogP contribution in [0.15, 0.2) is 83.1 Å². The number of benzene rings is 2. The molecule has 0 radical (unpaired) electrons. The summed E-state index contributed by atoms with van der Waals surface area (Å²) in [7, 11) is 0. The van der Waals surface area contributed by atoms with Crippen molar-refractivity contribution in [1.29, 1.82) is 0 Å². The normalized spacial score (nSPS) is 12.3. The topological polar surface area (TPSA) is 71.3 Å². The molecule has 0 aliphatic rings. The summed E-state index contributed by atoms with van der Waals surface area (Å²) in [6.45, 7) is 4.39. The van der Waals surface area contributed by atoms with E-state index >= 15 is 0 Å². The summed E-state index contributed by atoms with van der Waals surface area (Å²) in [6.07, 6.45) is 3.04. The van der Waals surface area contributed by atoms with Gasteiger partial charge in [-0.2, -0.15) is 0 Å². The number of carbonyl (C=O) groups excluding carboxylic acids is 2. The molecule has 29 heavy (non-hydrogen) atoms.